The molecule has 3 nitrogen and oxygen atoms in total. The molecule has 0 aliphatic heterocycles. The quantitative estimate of drug-likeness (QED) is 0.822. The van der Waals surface area contributed by atoms with Gasteiger partial charge in [0.05, 0.1) is 12.4 Å². The van der Waals surface area contributed by atoms with Crippen LogP contribution < -0.4 is 10.1 Å². The highest BCUT2D eigenvalue weighted by molar-refractivity contribution is 5.35. The summed E-state index contributed by atoms with van der Waals surface area (Å²) >= 11 is 0. The van der Waals surface area contributed by atoms with Crippen molar-refractivity contribution in [3.63, 3.8) is 0 Å². The van der Waals surface area contributed by atoms with Gasteiger partial charge in [0.1, 0.15) is 11.5 Å². The van der Waals surface area contributed by atoms with Gasteiger partial charge in [-0.1, -0.05) is 18.2 Å². The first-order chi connectivity index (χ1) is 10.1. The fourth-order valence-electron chi connectivity index (χ4n) is 2.51. The molecule has 2 atom stereocenters. The molecule has 1 N–H and O–H groups in total. The van der Waals surface area contributed by atoms with Crippen LogP contribution in [0.5, 0.6) is 5.75 Å². The normalized spacial score (nSPS) is 14.1. The maximum Gasteiger partial charge on any atom is 0.124 e. The van der Waals surface area contributed by atoms with E-state index in [0.29, 0.717) is 6.04 Å². The second-order valence-electron chi connectivity index (χ2n) is 5.78. The zero-order valence-electron chi connectivity index (χ0n) is 13.3. The van der Waals surface area contributed by atoms with E-state index >= 15 is 0 Å². The Morgan fingerprint density at radius 2 is 1.81 bits per heavy atom. The minimum atomic E-state index is 0.180. The second kappa shape index (κ2) is 7.32. The minimum Gasteiger partial charge on any atom is -0.491 e. The molecule has 114 valence electrons. The van der Waals surface area contributed by atoms with Crippen LogP contribution in [0.3, 0.4) is 0 Å². The lowest BCUT2D eigenvalue weighted by atomic mass is 10.1. The summed E-state index contributed by atoms with van der Waals surface area (Å²) in [5.41, 5.74) is 1.19. The number of benzene rings is 1. The molecule has 2 rings (SSSR count). The standard InChI is InChI=1S/C18H25NO2/c1-13(2)21-18-10-6-5-9-17(18)15(4)19-14(3)12-16-8-7-11-20-16/h5-11,13-15,19H,12H2,1-4H3. The Balaban J connectivity index is 2.00. The molecule has 3 heteroatoms. The van der Waals surface area contributed by atoms with E-state index in [2.05, 4.69) is 45.1 Å². The molecule has 0 radical (unpaired) electrons. The molecule has 1 heterocycles. The van der Waals surface area contributed by atoms with Gasteiger partial charge in [-0.25, -0.2) is 0 Å². The number of hydrogen-bond donors (Lipinski definition) is 1. The molecule has 0 aliphatic carbocycles. The van der Waals surface area contributed by atoms with Crippen LogP contribution in [-0.2, 0) is 6.42 Å². The van der Waals surface area contributed by atoms with Crippen LogP contribution in [0.1, 0.15) is 45.1 Å². The van der Waals surface area contributed by atoms with Crippen LogP contribution in [-0.4, -0.2) is 12.1 Å². The predicted molar refractivity (Wildman–Crippen MR) is 85.6 cm³/mol. The highest BCUT2D eigenvalue weighted by atomic mass is 16.5. The molecule has 0 saturated carbocycles. The van der Waals surface area contributed by atoms with Gasteiger partial charge < -0.3 is 14.5 Å². The summed E-state index contributed by atoms with van der Waals surface area (Å²) < 4.78 is 11.3. The van der Waals surface area contributed by atoms with E-state index in [1.165, 1.54) is 5.56 Å². The fraction of sp³-hybridized carbons (Fsp3) is 0.444. The molecular weight excluding hydrogens is 262 g/mol. The van der Waals surface area contributed by atoms with Gasteiger partial charge >= 0.3 is 0 Å². The molecule has 0 saturated heterocycles. The Labute approximate surface area is 127 Å². The number of nitrogens with one attached hydrogen (secondary N) is 1. The molecule has 0 fully saturated rings. The fourth-order valence-corrected chi connectivity index (χ4v) is 2.51. The first kappa shape index (κ1) is 15.6. The Morgan fingerprint density at radius 1 is 1.05 bits per heavy atom. The molecule has 1 aromatic carbocycles. The van der Waals surface area contributed by atoms with E-state index in [0.717, 1.165) is 17.9 Å². The van der Waals surface area contributed by atoms with Crippen molar-refractivity contribution in [1.29, 1.82) is 0 Å². The lowest BCUT2D eigenvalue weighted by Gasteiger charge is -2.23. The van der Waals surface area contributed by atoms with E-state index in [1.807, 2.05) is 24.3 Å². The van der Waals surface area contributed by atoms with Gasteiger partial charge in [0.25, 0.3) is 0 Å². The topological polar surface area (TPSA) is 34.4 Å². The summed E-state index contributed by atoms with van der Waals surface area (Å²) in [7, 11) is 0. The van der Waals surface area contributed by atoms with Crippen LogP contribution in [0.4, 0.5) is 0 Å². The molecule has 0 amide bonds. The van der Waals surface area contributed by atoms with Crippen molar-refractivity contribution < 1.29 is 9.15 Å². The third-order valence-electron chi connectivity index (χ3n) is 3.37. The summed E-state index contributed by atoms with van der Waals surface area (Å²) in [5, 5.41) is 3.61. The SMILES string of the molecule is CC(Cc1ccco1)NC(C)c1ccccc1OC(C)C. The molecule has 0 spiro atoms. The summed E-state index contributed by atoms with van der Waals surface area (Å²) in [6.07, 6.45) is 2.78. The zero-order chi connectivity index (χ0) is 15.2. The van der Waals surface area contributed by atoms with Gasteiger partial charge in [-0.2, -0.15) is 0 Å². The smallest absolute Gasteiger partial charge is 0.124 e. The maximum atomic E-state index is 5.90. The van der Waals surface area contributed by atoms with Crippen LogP contribution >= 0.6 is 0 Å². The summed E-state index contributed by atoms with van der Waals surface area (Å²) in [4.78, 5) is 0. The molecule has 0 bridgehead atoms. The predicted octanol–water partition coefficient (Wildman–Crippen LogP) is 4.35. The third-order valence-corrected chi connectivity index (χ3v) is 3.37. The van der Waals surface area contributed by atoms with Crippen molar-refractivity contribution in [2.24, 2.45) is 0 Å². The lowest BCUT2D eigenvalue weighted by Crippen LogP contribution is -2.31. The van der Waals surface area contributed by atoms with Crippen LogP contribution in [0.25, 0.3) is 0 Å². The van der Waals surface area contributed by atoms with E-state index in [4.69, 9.17) is 9.15 Å². The van der Waals surface area contributed by atoms with Gasteiger partial charge in [-0.05, 0) is 45.9 Å². The van der Waals surface area contributed by atoms with Crippen molar-refractivity contribution >= 4 is 0 Å². The van der Waals surface area contributed by atoms with E-state index in [1.54, 1.807) is 6.26 Å². The lowest BCUT2D eigenvalue weighted by molar-refractivity contribution is 0.237. The van der Waals surface area contributed by atoms with Gasteiger partial charge in [0.15, 0.2) is 0 Å². The molecule has 21 heavy (non-hydrogen) atoms. The highest BCUT2D eigenvalue weighted by Gasteiger charge is 2.15. The number of hydrogen-bond acceptors (Lipinski definition) is 3. The van der Waals surface area contributed by atoms with E-state index < -0.39 is 0 Å². The largest absolute Gasteiger partial charge is 0.491 e. The monoisotopic (exact) mass is 287 g/mol. The van der Waals surface area contributed by atoms with Gasteiger partial charge in [0, 0.05) is 24.1 Å². The van der Waals surface area contributed by atoms with Crippen LogP contribution in [0.2, 0.25) is 0 Å². The first-order valence-electron chi connectivity index (χ1n) is 7.60. The number of rotatable bonds is 7. The van der Waals surface area contributed by atoms with Gasteiger partial charge in [-0.3, -0.25) is 0 Å². The van der Waals surface area contributed by atoms with Crippen molar-refractivity contribution in [1.82, 2.24) is 5.32 Å². The highest BCUT2D eigenvalue weighted by Crippen LogP contribution is 2.26. The zero-order valence-corrected chi connectivity index (χ0v) is 13.3. The average Bonchev–Trinajstić information content (AvgIpc) is 2.91. The van der Waals surface area contributed by atoms with E-state index in [9.17, 15) is 0 Å². The minimum absolute atomic E-state index is 0.180. The van der Waals surface area contributed by atoms with Crippen molar-refractivity contribution in [3.8, 4) is 5.75 Å². The average molecular weight is 287 g/mol. The Kier molecular flexibility index (Phi) is 5.45. The Morgan fingerprint density at radius 3 is 2.48 bits per heavy atom. The van der Waals surface area contributed by atoms with E-state index in [-0.39, 0.29) is 12.1 Å². The van der Waals surface area contributed by atoms with Crippen LogP contribution in [0.15, 0.2) is 47.1 Å². The summed E-state index contributed by atoms with van der Waals surface area (Å²) in [6.45, 7) is 8.44. The number of furan rings is 1. The number of ether oxygens (including phenoxy) is 1. The molecule has 0 aliphatic rings. The number of para-hydroxylation sites is 1. The third kappa shape index (κ3) is 4.64. The molecule has 2 aromatic rings. The van der Waals surface area contributed by atoms with Gasteiger partial charge in [0.2, 0.25) is 0 Å². The summed E-state index contributed by atoms with van der Waals surface area (Å²) in [5.74, 6) is 1.96. The summed E-state index contributed by atoms with van der Waals surface area (Å²) in [6, 6.07) is 12.7. The molecular formula is C18H25NO2. The molecule has 1 aromatic heterocycles. The maximum absolute atomic E-state index is 5.90. The Bertz CT molecular complexity index is 534. The van der Waals surface area contributed by atoms with Crippen molar-refractivity contribution in [2.75, 3.05) is 0 Å². The first-order valence-corrected chi connectivity index (χ1v) is 7.60. The Hall–Kier alpha value is -1.74. The van der Waals surface area contributed by atoms with Crippen molar-refractivity contribution in [2.45, 2.75) is 52.3 Å². The van der Waals surface area contributed by atoms with Crippen LogP contribution in [0, 0.1) is 0 Å². The molecule has 2 unspecified atom stereocenters. The van der Waals surface area contributed by atoms with Gasteiger partial charge in [-0.15, -0.1) is 0 Å². The second-order valence-corrected chi connectivity index (χ2v) is 5.78. The van der Waals surface area contributed by atoms with Crippen molar-refractivity contribution in [3.05, 3.63) is 54.0 Å².